The molecule has 4 nitrogen and oxygen atoms in total. The molecular weight excluding hydrogens is 245 g/mol. The zero-order valence-electron chi connectivity index (χ0n) is 11.4. The number of halogens is 1. The van der Waals surface area contributed by atoms with Gasteiger partial charge in [0, 0.05) is 18.7 Å². The van der Waals surface area contributed by atoms with E-state index in [4.69, 9.17) is 5.73 Å². The monoisotopic (exact) mass is 265 g/mol. The van der Waals surface area contributed by atoms with Gasteiger partial charge in [-0.2, -0.15) is 0 Å². The van der Waals surface area contributed by atoms with Crippen molar-refractivity contribution in [3.05, 3.63) is 29.6 Å². The summed E-state index contributed by atoms with van der Waals surface area (Å²) in [5, 5.41) is 0. The van der Waals surface area contributed by atoms with Crippen molar-refractivity contribution in [1.29, 1.82) is 0 Å². The number of piperidine rings is 1. The van der Waals surface area contributed by atoms with Crippen LogP contribution in [0.3, 0.4) is 0 Å². The Bertz CT molecular complexity index is 470. The fourth-order valence-electron chi connectivity index (χ4n) is 2.43. The van der Waals surface area contributed by atoms with Gasteiger partial charge in [0.1, 0.15) is 5.82 Å². The van der Waals surface area contributed by atoms with Gasteiger partial charge in [-0.25, -0.2) is 4.39 Å². The lowest BCUT2D eigenvalue weighted by atomic mass is 10.0. The van der Waals surface area contributed by atoms with E-state index >= 15 is 0 Å². The van der Waals surface area contributed by atoms with E-state index in [0.717, 1.165) is 25.9 Å². The average molecular weight is 265 g/mol. The molecule has 0 aliphatic carbocycles. The zero-order chi connectivity index (χ0) is 14.0. The van der Waals surface area contributed by atoms with E-state index in [1.807, 2.05) is 0 Å². The van der Waals surface area contributed by atoms with Crippen LogP contribution in [0.25, 0.3) is 0 Å². The second kappa shape index (κ2) is 5.57. The Labute approximate surface area is 113 Å². The molecule has 2 N–H and O–H groups in total. The minimum atomic E-state index is -0.488. The SMILES string of the molecule is CN1CCC(N(C)C(=O)c2ccc(F)c(N)c2)CC1. The number of nitrogens with two attached hydrogens (primary N) is 1. The summed E-state index contributed by atoms with van der Waals surface area (Å²) in [6.45, 7) is 1.99. The molecule has 0 atom stereocenters. The van der Waals surface area contributed by atoms with E-state index in [-0.39, 0.29) is 17.6 Å². The highest BCUT2D eigenvalue weighted by Gasteiger charge is 2.24. The first-order valence-electron chi connectivity index (χ1n) is 6.50. The van der Waals surface area contributed by atoms with Crippen molar-refractivity contribution in [2.45, 2.75) is 18.9 Å². The molecule has 1 fully saturated rings. The molecule has 1 saturated heterocycles. The lowest BCUT2D eigenvalue weighted by Gasteiger charge is -2.35. The maximum Gasteiger partial charge on any atom is 0.253 e. The number of nitrogen functional groups attached to an aromatic ring is 1. The minimum absolute atomic E-state index is 0.0163. The standard InChI is InChI=1S/C14H20FN3O/c1-17-7-5-11(6-8-17)18(2)14(19)10-3-4-12(15)13(16)9-10/h3-4,9,11H,5-8,16H2,1-2H3. The van der Waals surface area contributed by atoms with Crippen LogP contribution >= 0.6 is 0 Å². The van der Waals surface area contributed by atoms with Crippen molar-refractivity contribution >= 4 is 11.6 Å². The van der Waals surface area contributed by atoms with Crippen molar-refractivity contribution in [3.8, 4) is 0 Å². The van der Waals surface area contributed by atoms with Crippen LogP contribution in [-0.4, -0.2) is 48.9 Å². The van der Waals surface area contributed by atoms with Gasteiger partial charge in [-0.3, -0.25) is 4.79 Å². The lowest BCUT2D eigenvalue weighted by molar-refractivity contribution is 0.0659. The first-order chi connectivity index (χ1) is 8.99. The smallest absolute Gasteiger partial charge is 0.253 e. The van der Waals surface area contributed by atoms with Gasteiger partial charge in [0.2, 0.25) is 0 Å². The summed E-state index contributed by atoms with van der Waals surface area (Å²) < 4.78 is 13.1. The first-order valence-corrected chi connectivity index (χ1v) is 6.50. The molecule has 0 bridgehead atoms. The van der Waals surface area contributed by atoms with Crippen LogP contribution < -0.4 is 5.73 Å². The summed E-state index contributed by atoms with van der Waals surface area (Å²) in [6, 6.07) is 4.38. The van der Waals surface area contributed by atoms with Gasteiger partial charge in [0.05, 0.1) is 5.69 Å². The summed E-state index contributed by atoms with van der Waals surface area (Å²) in [7, 11) is 3.89. The van der Waals surface area contributed by atoms with Crippen molar-refractivity contribution in [2.24, 2.45) is 0 Å². The largest absolute Gasteiger partial charge is 0.396 e. The van der Waals surface area contributed by atoms with Crippen molar-refractivity contribution in [1.82, 2.24) is 9.80 Å². The maximum atomic E-state index is 13.1. The van der Waals surface area contributed by atoms with Crippen LogP contribution in [0.15, 0.2) is 18.2 Å². The molecule has 0 aromatic heterocycles. The van der Waals surface area contributed by atoms with Crippen molar-refractivity contribution in [2.75, 3.05) is 32.9 Å². The lowest BCUT2D eigenvalue weighted by Crippen LogP contribution is -2.44. The van der Waals surface area contributed by atoms with E-state index in [2.05, 4.69) is 11.9 Å². The predicted molar refractivity (Wildman–Crippen MR) is 73.4 cm³/mol. The van der Waals surface area contributed by atoms with E-state index in [1.54, 1.807) is 11.9 Å². The second-order valence-corrected chi connectivity index (χ2v) is 5.19. The Balaban J connectivity index is 2.08. The van der Waals surface area contributed by atoms with Gasteiger partial charge in [-0.1, -0.05) is 0 Å². The number of benzene rings is 1. The maximum absolute atomic E-state index is 13.1. The van der Waals surface area contributed by atoms with E-state index in [9.17, 15) is 9.18 Å². The number of carbonyl (C=O) groups excluding carboxylic acids is 1. The third-order valence-corrected chi connectivity index (χ3v) is 3.80. The number of hydrogen-bond acceptors (Lipinski definition) is 3. The van der Waals surface area contributed by atoms with Gasteiger partial charge >= 0.3 is 0 Å². The van der Waals surface area contributed by atoms with Gasteiger partial charge < -0.3 is 15.5 Å². The minimum Gasteiger partial charge on any atom is -0.396 e. The first kappa shape index (κ1) is 13.8. The summed E-state index contributed by atoms with van der Waals surface area (Å²) in [5.41, 5.74) is 5.96. The topological polar surface area (TPSA) is 49.6 Å². The summed E-state index contributed by atoms with van der Waals surface area (Å²) >= 11 is 0. The molecule has 5 heteroatoms. The Morgan fingerprint density at radius 3 is 2.63 bits per heavy atom. The van der Waals surface area contributed by atoms with Crippen LogP contribution in [0.1, 0.15) is 23.2 Å². The van der Waals surface area contributed by atoms with Crippen LogP contribution in [0.4, 0.5) is 10.1 Å². The Morgan fingerprint density at radius 2 is 2.05 bits per heavy atom. The number of amides is 1. The van der Waals surface area contributed by atoms with Crippen LogP contribution in [0, 0.1) is 5.82 Å². The molecule has 104 valence electrons. The fraction of sp³-hybridized carbons (Fsp3) is 0.500. The fourth-order valence-corrected chi connectivity index (χ4v) is 2.43. The molecule has 0 spiro atoms. The average Bonchev–Trinajstić information content (AvgIpc) is 2.41. The third kappa shape index (κ3) is 3.04. The predicted octanol–water partition coefficient (Wildman–Crippen LogP) is 1.57. The molecule has 19 heavy (non-hydrogen) atoms. The van der Waals surface area contributed by atoms with Gasteiger partial charge in [-0.05, 0) is 51.2 Å². The molecule has 1 aromatic rings. The van der Waals surface area contributed by atoms with E-state index < -0.39 is 5.82 Å². The van der Waals surface area contributed by atoms with Crippen molar-refractivity contribution in [3.63, 3.8) is 0 Å². The number of carbonyl (C=O) groups is 1. The zero-order valence-corrected chi connectivity index (χ0v) is 11.4. The number of nitrogens with zero attached hydrogens (tertiary/aromatic N) is 2. The third-order valence-electron chi connectivity index (χ3n) is 3.80. The summed E-state index contributed by atoms with van der Waals surface area (Å²) in [6.07, 6.45) is 1.94. The molecule has 1 amide bonds. The normalized spacial score (nSPS) is 17.4. The van der Waals surface area contributed by atoms with Crippen molar-refractivity contribution < 1.29 is 9.18 Å². The molecule has 0 radical (unpaired) electrons. The quantitative estimate of drug-likeness (QED) is 0.826. The van der Waals surface area contributed by atoms with Crippen LogP contribution in [0.2, 0.25) is 0 Å². The van der Waals surface area contributed by atoms with Gasteiger partial charge in [0.25, 0.3) is 5.91 Å². The molecule has 1 aromatic carbocycles. The Hall–Kier alpha value is -1.62. The number of likely N-dealkylation sites (tertiary alicyclic amines) is 1. The Morgan fingerprint density at radius 1 is 1.42 bits per heavy atom. The highest BCUT2D eigenvalue weighted by Crippen LogP contribution is 2.18. The number of anilines is 1. The van der Waals surface area contributed by atoms with E-state index in [1.165, 1.54) is 18.2 Å². The number of rotatable bonds is 2. The highest BCUT2D eigenvalue weighted by atomic mass is 19.1. The molecule has 1 aliphatic rings. The molecular formula is C14H20FN3O. The molecule has 2 rings (SSSR count). The van der Waals surface area contributed by atoms with Gasteiger partial charge in [-0.15, -0.1) is 0 Å². The summed E-state index contributed by atoms with van der Waals surface area (Å²) in [4.78, 5) is 16.3. The highest BCUT2D eigenvalue weighted by molar-refractivity contribution is 5.95. The molecule has 0 saturated carbocycles. The van der Waals surface area contributed by atoms with Crippen LogP contribution in [0.5, 0.6) is 0 Å². The molecule has 0 unspecified atom stereocenters. The Kier molecular flexibility index (Phi) is 4.04. The van der Waals surface area contributed by atoms with Crippen LogP contribution in [-0.2, 0) is 0 Å². The molecule has 1 heterocycles. The summed E-state index contributed by atoms with van der Waals surface area (Å²) in [5.74, 6) is -0.584. The van der Waals surface area contributed by atoms with Gasteiger partial charge in [0.15, 0.2) is 0 Å². The molecule has 1 aliphatic heterocycles. The van der Waals surface area contributed by atoms with E-state index in [0.29, 0.717) is 5.56 Å². The second-order valence-electron chi connectivity index (χ2n) is 5.19. The number of hydrogen-bond donors (Lipinski definition) is 1.